The largest absolute Gasteiger partial charge is 0.364 e. The Hall–Kier alpha value is -0.820. The fourth-order valence-electron chi connectivity index (χ4n) is 1.94. The van der Waals surface area contributed by atoms with Gasteiger partial charge in [-0.3, -0.25) is 0 Å². The van der Waals surface area contributed by atoms with E-state index in [-0.39, 0.29) is 11.7 Å². The molecule has 0 spiro atoms. The van der Waals surface area contributed by atoms with Crippen molar-refractivity contribution in [1.82, 2.24) is 0 Å². The minimum atomic E-state index is -0.115. The summed E-state index contributed by atoms with van der Waals surface area (Å²) in [6, 6.07) is 0. The molecule has 0 aromatic rings. The summed E-state index contributed by atoms with van der Waals surface area (Å²) in [5.74, 6) is 0. The molecule has 0 bridgehead atoms. The second-order valence-electron chi connectivity index (χ2n) is 5.13. The van der Waals surface area contributed by atoms with Gasteiger partial charge in [-0.05, 0) is 52.5 Å². The third-order valence-electron chi connectivity index (χ3n) is 3.22. The first-order valence-corrected chi connectivity index (χ1v) is 6.08. The summed E-state index contributed by atoms with van der Waals surface area (Å²) in [4.78, 5) is 0. The van der Waals surface area contributed by atoms with Gasteiger partial charge in [0.05, 0.1) is 11.7 Å². The van der Waals surface area contributed by atoms with Gasteiger partial charge in [0.15, 0.2) is 0 Å². The van der Waals surface area contributed by atoms with Crippen LogP contribution in [0.25, 0.3) is 0 Å². The first kappa shape index (κ1) is 13.2. The Morgan fingerprint density at radius 3 is 2.56 bits per heavy atom. The summed E-state index contributed by atoms with van der Waals surface area (Å²) in [5, 5.41) is 0. The Morgan fingerprint density at radius 2 is 2.06 bits per heavy atom. The third kappa shape index (κ3) is 3.64. The lowest BCUT2D eigenvalue weighted by atomic mass is 10.0. The molecule has 0 radical (unpaired) electrons. The van der Waals surface area contributed by atoms with Gasteiger partial charge in [0, 0.05) is 0 Å². The molecule has 0 aromatic carbocycles. The maximum atomic E-state index is 6.01. The summed E-state index contributed by atoms with van der Waals surface area (Å²) in [5.41, 5.74) is 2.60. The van der Waals surface area contributed by atoms with Crippen LogP contribution in [0.15, 0.2) is 36.0 Å². The monoisotopic (exact) mass is 220 g/mol. The molecule has 1 saturated heterocycles. The van der Waals surface area contributed by atoms with E-state index in [1.54, 1.807) is 0 Å². The van der Waals surface area contributed by atoms with Crippen LogP contribution in [-0.2, 0) is 4.74 Å². The topological polar surface area (TPSA) is 9.23 Å². The Morgan fingerprint density at radius 1 is 1.38 bits per heavy atom. The summed E-state index contributed by atoms with van der Waals surface area (Å²) in [6.07, 6.45) is 9.93. The average Bonchev–Trinajstić information content (AvgIpc) is 2.61. The lowest BCUT2D eigenvalue weighted by Crippen LogP contribution is -2.21. The fourth-order valence-corrected chi connectivity index (χ4v) is 1.94. The minimum Gasteiger partial charge on any atom is -0.364 e. The summed E-state index contributed by atoms with van der Waals surface area (Å²) >= 11 is 0. The number of hydrogen-bond acceptors (Lipinski definition) is 1. The molecule has 90 valence electrons. The van der Waals surface area contributed by atoms with Gasteiger partial charge in [0.25, 0.3) is 0 Å². The number of allylic oxidation sites excluding steroid dienone is 3. The van der Waals surface area contributed by atoms with Crippen molar-refractivity contribution >= 4 is 0 Å². The Bertz CT molecular complexity index is 307. The Balaban J connectivity index is 2.53. The highest BCUT2D eigenvalue weighted by Gasteiger charge is 2.33. The molecule has 0 N–H and O–H groups in total. The Kier molecular flexibility index (Phi) is 4.55. The lowest BCUT2D eigenvalue weighted by molar-refractivity contribution is 0.0221. The van der Waals surface area contributed by atoms with Crippen molar-refractivity contribution in [3.63, 3.8) is 0 Å². The van der Waals surface area contributed by atoms with E-state index >= 15 is 0 Å². The smallest absolute Gasteiger partial charge is 0.0841 e. The van der Waals surface area contributed by atoms with Crippen molar-refractivity contribution in [1.29, 1.82) is 0 Å². The maximum Gasteiger partial charge on any atom is 0.0841 e. The van der Waals surface area contributed by atoms with Crippen molar-refractivity contribution in [2.24, 2.45) is 0 Å². The van der Waals surface area contributed by atoms with Crippen LogP contribution in [0.5, 0.6) is 0 Å². The molecule has 1 nitrogen and oxygen atoms in total. The highest BCUT2D eigenvalue weighted by atomic mass is 16.5. The molecular weight excluding hydrogens is 196 g/mol. The van der Waals surface area contributed by atoms with Gasteiger partial charge in [-0.25, -0.2) is 0 Å². The number of hydrogen-bond donors (Lipinski definition) is 0. The van der Waals surface area contributed by atoms with Crippen LogP contribution in [0.2, 0.25) is 0 Å². The van der Waals surface area contributed by atoms with Gasteiger partial charge in [0.1, 0.15) is 0 Å². The third-order valence-corrected chi connectivity index (χ3v) is 3.22. The van der Waals surface area contributed by atoms with Gasteiger partial charge >= 0.3 is 0 Å². The van der Waals surface area contributed by atoms with Crippen LogP contribution in [0.3, 0.4) is 0 Å². The van der Waals surface area contributed by atoms with Crippen LogP contribution in [0.4, 0.5) is 0 Å². The van der Waals surface area contributed by atoms with E-state index in [1.165, 1.54) is 11.1 Å². The zero-order valence-corrected chi connectivity index (χ0v) is 11.0. The van der Waals surface area contributed by atoms with E-state index in [2.05, 4.69) is 46.4 Å². The van der Waals surface area contributed by atoms with Crippen LogP contribution in [-0.4, -0.2) is 11.7 Å². The maximum absolute atomic E-state index is 6.01. The molecule has 1 heterocycles. The predicted octanol–water partition coefficient (Wildman–Crippen LogP) is 4.41. The first-order valence-electron chi connectivity index (χ1n) is 6.08. The molecular formula is C15H24O. The van der Waals surface area contributed by atoms with Crippen LogP contribution >= 0.6 is 0 Å². The quantitative estimate of drug-likeness (QED) is 0.637. The van der Waals surface area contributed by atoms with E-state index in [0.717, 1.165) is 19.3 Å². The van der Waals surface area contributed by atoms with Crippen LogP contribution in [0, 0.1) is 0 Å². The number of ether oxygens (including phenoxy) is 1. The molecule has 0 aromatic heterocycles. The molecule has 16 heavy (non-hydrogen) atoms. The van der Waals surface area contributed by atoms with Crippen LogP contribution in [0.1, 0.15) is 47.0 Å². The molecule has 0 saturated carbocycles. The van der Waals surface area contributed by atoms with Crippen molar-refractivity contribution < 1.29 is 4.74 Å². The molecule has 1 fully saturated rings. The second kappa shape index (κ2) is 5.49. The van der Waals surface area contributed by atoms with Gasteiger partial charge in [-0.15, -0.1) is 6.58 Å². The average molecular weight is 220 g/mol. The molecule has 0 aliphatic carbocycles. The van der Waals surface area contributed by atoms with Gasteiger partial charge in [-0.1, -0.05) is 23.8 Å². The number of rotatable bonds is 4. The zero-order valence-electron chi connectivity index (χ0n) is 11.0. The fraction of sp³-hybridized carbons (Fsp3) is 0.600. The standard InChI is InChI=1S/C15H24O/c1-6-15(5)11-10-14(16-15)13(4)9-7-8-12(2)3/h6,8-9,14H,1,7,10-11H2,2-5H3. The van der Waals surface area contributed by atoms with Gasteiger partial charge < -0.3 is 4.74 Å². The minimum absolute atomic E-state index is 0.115. The normalized spacial score (nSPS) is 30.2. The first-order chi connectivity index (χ1) is 7.47. The van der Waals surface area contributed by atoms with E-state index in [1.807, 2.05) is 6.08 Å². The predicted molar refractivity (Wildman–Crippen MR) is 70.5 cm³/mol. The summed E-state index contributed by atoms with van der Waals surface area (Å²) in [7, 11) is 0. The highest BCUT2D eigenvalue weighted by molar-refractivity contribution is 5.13. The lowest BCUT2D eigenvalue weighted by Gasteiger charge is -2.20. The molecule has 1 aliphatic heterocycles. The molecule has 2 unspecified atom stereocenters. The second-order valence-corrected chi connectivity index (χ2v) is 5.13. The van der Waals surface area contributed by atoms with Crippen molar-refractivity contribution in [2.75, 3.05) is 0 Å². The molecule has 1 heteroatoms. The summed E-state index contributed by atoms with van der Waals surface area (Å²) < 4.78 is 6.01. The molecule has 0 amide bonds. The molecule has 1 aliphatic rings. The summed E-state index contributed by atoms with van der Waals surface area (Å²) in [6.45, 7) is 12.4. The van der Waals surface area contributed by atoms with E-state index in [9.17, 15) is 0 Å². The van der Waals surface area contributed by atoms with Crippen molar-refractivity contribution in [3.8, 4) is 0 Å². The SMILES string of the molecule is C=CC1(C)CCC(C(C)=CCC=C(C)C)O1. The Labute approximate surface area is 99.9 Å². The molecule has 2 atom stereocenters. The van der Waals surface area contributed by atoms with Gasteiger partial charge in [-0.2, -0.15) is 0 Å². The van der Waals surface area contributed by atoms with Crippen molar-refractivity contribution in [2.45, 2.75) is 58.7 Å². The van der Waals surface area contributed by atoms with Gasteiger partial charge in [0.2, 0.25) is 0 Å². The van der Waals surface area contributed by atoms with E-state index < -0.39 is 0 Å². The van der Waals surface area contributed by atoms with Crippen molar-refractivity contribution in [3.05, 3.63) is 36.0 Å². The van der Waals surface area contributed by atoms with E-state index in [0.29, 0.717) is 0 Å². The highest BCUT2D eigenvalue weighted by Crippen LogP contribution is 2.34. The van der Waals surface area contributed by atoms with E-state index in [4.69, 9.17) is 4.74 Å². The molecule has 1 rings (SSSR count). The van der Waals surface area contributed by atoms with Crippen LogP contribution < -0.4 is 0 Å². The zero-order chi connectivity index (χ0) is 12.2.